The number of ether oxygens (including phenoxy) is 1. The highest BCUT2D eigenvalue weighted by atomic mass is 16.5. The van der Waals surface area contributed by atoms with Gasteiger partial charge in [0.1, 0.15) is 12.3 Å². The number of carbonyl (C=O) groups excluding carboxylic acids is 3. The molecular weight excluding hydrogens is 410 g/mol. The lowest BCUT2D eigenvalue weighted by Crippen LogP contribution is -2.54. The summed E-state index contributed by atoms with van der Waals surface area (Å²) in [5, 5.41) is 0. The number of nitrogens with zero attached hydrogens (tertiary/aromatic N) is 5. The summed E-state index contributed by atoms with van der Waals surface area (Å²) in [5.41, 5.74) is 0.991. The summed E-state index contributed by atoms with van der Waals surface area (Å²) in [6.07, 6.45) is 3.87. The highest BCUT2D eigenvalue weighted by molar-refractivity contribution is 6.05. The summed E-state index contributed by atoms with van der Waals surface area (Å²) in [7, 11) is 0. The van der Waals surface area contributed by atoms with Crippen LogP contribution in [0, 0.1) is 0 Å². The van der Waals surface area contributed by atoms with Gasteiger partial charge in [-0.2, -0.15) is 0 Å². The fourth-order valence-electron chi connectivity index (χ4n) is 3.96. The zero-order valence-corrected chi connectivity index (χ0v) is 18.4. The van der Waals surface area contributed by atoms with Gasteiger partial charge in [-0.25, -0.2) is 9.97 Å². The molecule has 0 radical (unpaired) electrons. The Labute approximate surface area is 187 Å². The molecular formula is C23H27N5O4. The second-order valence-corrected chi connectivity index (χ2v) is 7.96. The summed E-state index contributed by atoms with van der Waals surface area (Å²) < 4.78 is 5.71. The second-order valence-electron chi connectivity index (χ2n) is 7.96. The first kappa shape index (κ1) is 21.7. The van der Waals surface area contributed by atoms with E-state index in [0.717, 1.165) is 6.42 Å². The Balaban J connectivity index is 1.47. The lowest BCUT2D eigenvalue weighted by Gasteiger charge is -2.37. The number of Topliss-reactive ketones (excluding diaryl/α,β-unsaturated/α-hetero) is 1. The lowest BCUT2D eigenvalue weighted by atomic mass is 10.0. The maximum atomic E-state index is 13.1. The summed E-state index contributed by atoms with van der Waals surface area (Å²) >= 11 is 0. The molecule has 2 aliphatic rings. The zero-order valence-electron chi connectivity index (χ0n) is 18.4. The van der Waals surface area contributed by atoms with Crippen LogP contribution < -0.4 is 14.5 Å². The Morgan fingerprint density at radius 1 is 1.12 bits per heavy atom. The minimum atomic E-state index is -0.695. The van der Waals surface area contributed by atoms with Crippen LogP contribution in [0.5, 0.6) is 5.75 Å². The SMILES string of the molecule is CCCC(=O)c1ccc2c(c1)N(CC(=O)N1CCN(c3ncccn3)CC1)C(=O)C(C)O2. The molecule has 3 heterocycles. The van der Waals surface area contributed by atoms with Crippen molar-refractivity contribution in [1.29, 1.82) is 0 Å². The monoisotopic (exact) mass is 437 g/mol. The van der Waals surface area contributed by atoms with E-state index in [0.29, 0.717) is 55.5 Å². The largest absolute Gasteiger partial charge is 0.479 e. The van der Waals surface area contributed by atoms with Gasteiger partial charge in [0, 0.05) is 50.6 Å². The van der Waals surface area contributed by atoms with E-state index in [-0.39, 0.29) is 24.1 Å². The van der Waals surface area contributed by atoms with Crippen molar-refractivity contribution < 1.29 is 19.1 Å². The van der Waals surface area contributed by atoms with E-state index >= 15 is 0 Å². The normalized spacial score (nSPS) is 18.2. The van der Waals surface area contributed by atoms with Crippen molar-refractivity contribution in [2.75, 3.05) is 42.5 Å². The van der Waals surface area contributed by atoms with Crippen molar-refractivity contribution in [3.63, 3.8) is 0 Å². The summed E-state index contributed by atoms with van der Waals surface area (Å²) in [6, 6.07) is 6.85. The molecule has 0 N–H and O–H groups in total. The van der Waals surface area contributed by atoms with E-state index in [1.54, 1.807) is 48.5 Å². The molecule has 1 aromatic heterocycles. The molecule has 0 saturated carbocycles. The number of piperazine rings is 1. The van der Waals surface area contributed by atoms with Gasteiger partial charge in [0.05, 0.1) is 5.69 Å². The van der Waals surface area contributed by atoms with Crippen molar-refractivity contribution in [3.8, 4) is 5.75 Å². The maximum absolute atomic E-state index is 13.1. The Bertz CT molecular complexity index is 1000. The van der Waals surface area contributed by atoms with Crippen LogP contribution >= 0.6 is 0 Å². The highest BCUT2D eigenvalue weighted by Crippen LogP contribution is 2.35. The van der Waals surface area contributed by atoms with E-state index in [4.69, 9.17) is 4.74 Å². The average Bonchev–Trinajstić information content (AvgIpc) is 2.82. The average molecular weight is 438 g/mol. The number of benzene rings is 1. The molecule has 2 aliphatic heterocycles. The van der Waals surface area contributed by atoms with Crippen LogP contribution in [-0.4, -0.2) is 71.3 Å². The molecule has 0 aliphatic carbocycles. The van der Waals surface area contributed by atoms with Gasteiger partial charge in [-0.15, -0.1) is 0 Å². The summed E-state index contributed by atoms with van der Waals surface area (Å²) in [6.45, 7) is 5.80. The number of hydrogen-bond acceptors (Lipinski definition) is 7. The van der Waals surface area contributed by atoms with Gasteiger partial charge in [-0.3, -0.25) is 19.3 Å². The van der Waals surface area contributed by atoms with Gasteiger partial charge >= 0.3 is 0 Å². The van der Waals surface area contributed by atoms with Gasteiger partial charge in [-0.1, -0.05) is 6.92 Å². The lowest BCUT2D eigenvalue weighted by molar-refractivity contribution is -0.133. The molecule has 2 aromatic rings. The molecule has 1 atom stereocenters. The third kappa shape index (κ3) is 4.42. The third-order valence-electron chi connectivity index (χ3n) is 5.73. The van der Waals surface area contributed by atoms with Gasteiger partial charge in [0.2, 0.25) is 11.9 Å². The number of amides is 2. The van der Waals surface area contributed by atoms with Gasteiger partial charge < -0.3 is 14.5 Å². The number of ketones is 1. The molecule has 9 heteroatoms. The highest BCUT2D eigenvalue weighted by Gasteiger charge is 2.35. The van der Waals surface area contributed by atoms with Crippen LogP contribution in [0.4, 0.5) is 11.6 Å². The van der Waals surface area contributed by atoms with Crippen LogP contribution in [0.2, 0.25) is 0 Å². The standard InChI is InChI=1S/C23H27N5O4/c1-3-5-19(29)17-6-7-20-18(14-17)28(22(31)16(2)32-20)15-21(30)26-10-12-27(13-11-26)23-24-8-4-9-25-23/h4,6-9,14,16H,3,5,10-13,15H2,1-2H3. The summed E-state index contributed by atoms with van der Waals surface area (Å²) in [5.74, 6) is 0.727. The molecule has 2 amide bonds. The molecule has 0 spiro atoms. The Morgan fingerprint density at radius 3 is 2.53 bits per heavy atom. The van der Waals surface area contributed by atoms with Crippen molar-refractivity contribution in [3.05, 3.63) is 42.2 Å². The molecule has 1 aromatic carbocycles. The topological polar surface area (TPSA) is 95.9 Å². The zero-order chi connectivity index (χ0) is 22.7. The van der Waals surface area contributed by atoms with Gasteiger partial charge in [0.25, 0.3) is 5.91 Å². The Morgan fingerprint density at radius 2 is 1.84 bits per heavy atom. The summed E-state index contributed by atoms with van der Waals surface area (Å²) in [4.78, 5) is 52.1. The van der Waals surface area contributed by atoms with E-state index < -0.39 is 6.10 Å². The molecule has 0 bridgehead atoms. The van der Waals surface area contributed by atoms with Crippen LogP contribution in [-0.2, 0) is 9.59 Å². The molecule has 9 nitrogen and oxygen atoms in total. The molecule has 1 unspecified atom stereocenters. The van der Waals surface area contributed by atoms with Crippen molar-refractivity contribution in [1.82, 2.24) is 14.9 Å². The number of carbonyl (C=O) groups is 3. The van der Waals surface area contributed by atoms with Crippen LogP contribution in [0.25, 0.3) is 0 Å². The predicted molar refractivity (Wildman–Crippen MR) is 119 cm³/mol. The number of rotatable bonds is 6. The number of fused-ring (bicyclic) bond motifs is 1. The Hall–Kier alpha value is -3.49. The molecule has 32 heavy (non-hydrogen) atoms. The van der Waals surface area contributed by atoms with E-state index in [2.05, 4.69) is 9.97 Å². The fraction of sp³-hybridized carbons (Fsp3) is 0.435. The minimum Gasteiger partial charge on any atom is -0.479 e. The van der Waals surface area contributed by atoms with Crippen molar-refractivity contribution in [2.24, 2.45) is 0 Å². The maximum Gasteiger partial charge on any atom is 0.268 e. The van der Waals surface area contributed by atoms with E-state index in [9.17, 15) is 14.4 Å². The van der Waals surface area contributed by atoms with Crippen molar-refractivity contribution >= 4 is 29.2 Å². The van der Waals surface area contributed by atoms with Crippen LogP contribution in [0.15, 0.2) is 36.7 Å². The Kier molecular flexibility index (Phi) is 6.34. The molecule has 1 saturated heterocycles. The number of anilines is 2. The molecule has 1 fully saturated rings. The smallest absolute Gasteiger partial charge is 0.268 e. The number of hydrogen-bond donors (Lipinski definition) is 0. The minimum absolute atomic E-state index is 0.00639. The first-order valence-corrected chi connectivity index (χ1v) is 10.9. The van der Waals surface area contributed by atoms with E-state index in [1.165, 1.54) is 4.90 Å². The van der Waals surface area contributed by atoms with Crippen LogP contribution in [0.1, 0.15) is 37.0 Å². The predicted octanol–water partition coefficient (Wildman–Crippen LogP) is 1.92. The quantitative estimate of drug-likeness (QED) is 0.637. The van der Waals surface area contributed by atoms with Crippen LogP contribution in [0.3, 0.4) is 0 Å². The number of aromatic nitrogens is 2. The first-order chi connectivity index (χ1) is 15.5. The first-order valence-electron chi connectivity index (χ1n) is 10.9. The molecule has 168 valence electrons. The third-order valence-corrected chi connectivity index (χ3v) is 5.73. The van der Waals surface area contributed by atoms with Gasteiger partial charge in [-0.05, 0) is 37.6 Å². The molecule has 4 rings (SSSR count). The van der Waals surface area contributed by atoms with E-state index in [1.807, 2.05) is 11.8 Å². The van der Waals surface area contributed by atoms with Gasteiger partial charge in [0.15, 0.2) is 11.9 Å². The van der Waals surface area contributed by atoms with Crippen molar-refractivity contribution in [2.45, 2.75) is 32.8 Å². The fourth-order valence-corrected chi connectivity index (χ4v) is 3.96. The second kappa shape index (κ2) is 9.33.